The maximum atomic E-state index is 9.32. The number of benzene rings is 1. The second-order valence-corrected chi connectivity index (χ2v) is 6.46. The lowest BCUT2D eigenvalue weighted by atomic mass is 10.0. The first kappa shape index (κ1) is 16.7. The molecular weight excluding hydrogens is 339 g/mol. The average molecular weight is 357 g/mol. The number of halogens is 2. The Bertz CT molecular complexity index is 651. The lowest BCUT2D eigenvalue weighted by Gasteiger charge is -2.28. The van der Waals surface area contributed by atoms with Gasteiger partial charge in [0, 0.05) is 28.9 Å². The Morgan fingerprint density at radius 3 is 2.91 bits per heavy atom. The highest BCUT2D eigenvalue weighted by atomic mass is 35.5. The van der Waals surface area contributed by atoms with Gasteiger partial charge in [-0.1, -0.05) is 29.3 Å². The van der Waals surface area contributed by atoms with Crippen molar-refractivity contribution >= 4 is 23.2 Å². The minimum Gasteiger partial charge on any atom is -0.394 e. The molecule has 2 unspecified atom stereocenters. The van der Waals surface area contributed by atoms with E-state index < -0.39 is 5.79 Å². The summed E-state index contributed by atoms with van der Waals surface area (Å²) in [6.45, 7) is 0.821. The third-order valence-corrected chi connectivity index (χ3v) is 4.48. The lowest BCUT2D eigenvalue weighted by Crippen LogP contribution is -2.37. The molecule has 1 aromatic heterocycles. The number of imidazole rings is 1. The van der Waals surface area contributed by atoms with Gasteiger partial charge in [-0.3, -0.25) is 0 Å². The second kappa shape index (κ2) is 7.20. The van der Waals surface area contributed by atoms with Gasteiger partial charge < -0.3 is 19.1 Å². The van der Waals surface area contributed by atoms with E-state index in [4.69, 9.17) is 32.7 Å². The third kappa shape index (κ3) is 4.05. The van der Waals surface area contributed by atoms with Crippen LogP contribution in [-0.4, -0.2) is 39.8 Å². The number of nitrogens with zero attached hydrogens (tertiary/aromatic N) is 2. The molecule has 0 bridgehead atoms. The molecule has 1 N–H and O–H groups in total. The van der Waals surface area contributed by atoms with Crippen LogP contribution in [0.15, 0.2) is 36.9 Å². The Morgan fingerprint density at radius 2 is 2.26 bits per heavy atom. The first-order valence-electron chi connectivity index (χ1n) is 7.42. The Labute approximate surface area is 144 Å². The van der Waals surface area contributed by atoms with Crippen LogP contribution < -0.4 is 0 Å². The molecule has 5 nitrogen and oxygen atoms in total. The zero-order valence-corrected chi connectivity index (χ0v) is 14.0. The van der Waals surface area contributed by atoms with E-state index in [1.54, 1.807) is 18.6 Å². The molecule has 2 atom stereocenters. The summed E-state index contributed by atoms with van der Waals surface area (Å²) in [4.78, 5) is 4.04. The van der Waals surface area contributed by atoms with Crippen LogP contribution in [0.5, 0.6) is 0 Å². The predicted molar refractivity (Wildman–Crippen MR) is 87.7 cm³/mol. The summed E-state index contributed by atoms with van der Waals surface area (Å²) in [6, 6.07) is 5.46. The van der Waals surface area contributed by atoms with Gasteiger partial charge in [-0.25, -0.2) is 4.98 Å². The molecule has 0 amide bonds. The molecule has 23 heavy (non-hydrogen) atoms. The minimum atomic E-state index is -0.795. The van der Waals surface area contributed by atoms with Gasteiger partial charge in [0.15, 0.2) is 5.79 Å². The van der Waals surface area contributed by atoms with Gasteiger partial charge in [0.25, 0.3) is 0 Å². The van der Waals surface area contributed by atoms with E-state index in [1.807, 2.05) is 22.9 Å². The molecule has 2 heterocycles. The molecule has 7 heteroatoms. The molecule has 0 radical (unpaired) electrons. The Morgan fingerprint density at radius 1 is 1.39 bits per heavy atom. The number of aliphatic hydroxyl groups is 1. The first-order chi connectivity index (χ1) is 11.1. The molecule has 2 aromatic rings. The summed E-state index contributed by atoms with van der Waals surface area (Å²) in [6.07, 6.45) is 6.28. The lowest BCUT2D eigenvalue weighted by molar-refractivity contribution is -0.185. The molecule has 1 aliphatic rings. The highest BCUT2D eigenvalue weighted by molar-refractivity contribution is 6.35. The fourth-order valence-electron chi connectivity index (χ4n) is 2.71. The van der Waals surface area contributed by atoms with E-state index in [9.17, 15) is 5.11 Å². The van der Waals surface area contributed by atoms with Crippen molar-refractivity contribution < 1.29 is 14.6 Å². The third-order valence-electron chi connectivity index (χ3n) is 3.89. The van der Waals surface area contributed by atoms with Crippen molar-refractivity contribution in [2.75, 3.05) is 13.2 Å². The van der Waals surface area contributed by atoms with Crippen LogP contribution >= 0.6 is 23.2 Å². The van der Waals surface area contributed by atoms with Crippen LogP contribution in [0.4, 0.5) is 0 Å². The van der Waals surface area contributed by atoms with Crippen molar-refractivity contribution in [2.45, 2.75) is 31.3 Å². The van der Waals surface area contributed by atoms with Gasteiger partial charge in [-0.2, -0.15) is 0 Å². The van der Waals surface area contributed by atoms with Gasteiger partial charge in [-0.05, 0) is 24.1 Å². The summed E-state index contributed by atoms with van der Waals surface area (Å²) in [5.74, 6) is -0.795. The Balaban J connectivity index is 1.73. The van der Waals surface area contributed by atoms with Crippen molar-refractivity contribution in [2.24, 2.45) is 0 Å². The Hall–Kier alpha value is -1.11. The van der Waals surface area contributed by atoms with Crippen molar-refractivity contribution in [3.8, 4) is 0 Å². The quantitative estimate of drug-likeness (QED) is 0.864. The molecular formula is C16H18Cl2N2O3. The van der Waals surface area contributed by atoms with Gasteiger partial charge in [0.2, 0.25) is 0 Å². The highest BCUT2D eigenvalue weighted by Gasteiger charge is 2.41. The minimum absolute atomic E-state index is 0.0621. The molecule has 1 aromatic carbocycles. The SMILES string of the molecule is OCC1COC(CCc2ccc(Cl)cc2Cl)(Cn2ccnc2)O1. The maximum Gasteiger partial charge on any atom is 0.187 e. The molecule has 0 aliphatic carbocycles. The van der Waals surface area contributed by atoms with Crippen LogP contribution in [0.2, 0.25) is 10.0 Å². The van der Waals surface area contributed by atoms with Gasteiger partial charge in [0.05, 0.1) is 26.1 Å². The topological polar surface area (TPSA) is 56.5 Å². The number of ether oxygens (including phenoxy) is 2. The number of hydrogen-bond donors (Lipinski definition) is 1. The fraction of sp³-hybridized carbons (Fsp3) is 0.438. The van der Waals surface area contributed by atoms with Crippen LogP contribution in [0.25, 0.3) is 0 Å². The number of aliphatic hydroxyl groups excluding tert-OH is 1. The van der Waals surface area contributed by atoms with Gasteiger partial charge in [0.1, 0.15) is 6.10 Å². The number of aryl methyl sites for hydroxylation is 1. The zero-order chi connectivity index (χ0) is 16.3. The van der Waals surface area contributed by atoms with Crippen molar-refractivity contribution in [3.63, 3.8) is 0 Å². The smallest absolute Gasteiger partial charge is 0.187 e. The van der Waals surface area contributed by atoms with E-state index in [2.05, 4.69) is 4.98 Å². The molecule has 124 valence electrons. The summed E-state index contributed by atoms with van der Waals surface area (Å²) >= 11 is 12.2. The van der Waals surface area contributed by atoms with E-state index in [0.717, 1.165) is 5.56 Å². The van der Waals surface area contributed by atoms with Crippen LogP contribution in [-0.2, 0) is 22.4 Å². The molecule has 1 aliphatic heterocycles. The van der Waals surface area contributed by atoms with Crippen LogP contribution in [0.3, 0.4) is 0 Å². The van der Waals surface area contributed by atoms with Crippen LogP contribution in [0.1, 0.15) is 12.0 Å². The molecule has 1 fully saturated rings. The van der Waals surface area contributed by atoms with Gasteiger partial charge in [-0.15, -0.1) is 0 Å². The number of aromatic nitrogens is 2. The second-order valence-electron chi connectivity index (χ2n) is 5.61. The van der Waals surface area contributed by atoms with E-state index >= 15 is 0 Å². The predicted octanol–water partition coefficient (Wildman–Crippen LogP) is 2.93. The van der Waals surface area contributed by atoms with E-state index in [1.165, 1.54) is 0 Å². The van der Waals surface area contributed by atoms with Crippen molar-refractivity contribution in [1.29, 1.82) is 0 Å². The van der Waals surface area contributed by atoms with Crippen molar-refractivity contribution in [3.05, 3.63) is 52.5 Å². The largest absolute Gasteiger partial charge is 0.394 e. The van der Waals surface area contributed by atoms with E-state index in [0.29, 0.717) is 36.0 Å². The van der Waals surface area contributed by atoms with Crippen molar-refractivity contribution in [1.82, 2.24) is 9.55 Å². The summed E-state index contributed by atoms with van der Waals surface area (Å²) in [5, 5.41) is 10.6. The number of rotatable bonds is 6. The normalized spacial score (nSPS) is 24.2. The summed E-state index contributed by atoms with van der Waals surface area (Å²) in [5.41, 5.74) is 0.987. The summed E-state index contributed by atoms with van der Waals surface area (Å²) < 4.78 is 13.8. The molecule has 0 saturated carbocycles. The molecule has 1 saturated heterocycles. The first-order valence-corrected chi connectivity index (χ1v) is 8.18. The number of hydrogen-bond acceptors (Lipinski definition) is 4. The zero-order valence-electron chi connectivity index (χ0n) is 12.5. The van der Waals surface area contributed by atoms with Gasteiger partial charge >= 0.3 is 0 Å². The fourth-order valence-corrected chi connectivity index (χ4v) is 3.21. The summed E-state index contributed by atoms with van der Waals surface area (Å²) in [7, 11) is 0. The maximum absolute atomic E-state index is 9.32. The van der Waals surface area contributed by atoms with Crippen LogP contribution in [0, 0.1) is 0 Å². The standard InChI is InChI=1S/C16H18Cl2N2O3/c17-13-2-1-12(15(18)7-13)3-4-16(10-20-6-5-19-11-20)22-9-14(8-21)23-16/h1-2,5-7,11,14,21H,3-4,8-10H2. The molecule has 3 rings (SSSR count). The Kier molecular flexibility index (Phi) is 5.24. The highest BCUT2D eigenvalue weighted by Crippen LogP contribution is 2.32. The average Bonchev–Trinajstić information content (AvgIpc) is 3.17. The molecule has 0 spiro atoms. The monoisotopic (exact) mass is 356 g/mol. The van der Waals surface area contributed by atoms with E-state index in [-0.39, 0.29) is 12.7 Å².